The standard InChI is InChI=1S/C12H17N3S/c1-9-7-16-8-12(9)4-13-10(2)11-5-14-15(3)6-11/h5-8,10,13H,4H2,1-3H3. The molecule has 0 saturated carbocycles. The summed E-state index contributed by atoms with van der Waals surface area (Å²) in [5.74, 6) is 0. The molecule has 0 aromatic carbocycles. The van der Waals surface area contributed by atoms with Crippen molar-refractivity contribution in [3.63, 3.8) is 0 Å². The highest BCUT2D eigenvalue weighted by molar-refractivity contribution is 7.08. The molecule has 2 aromatic rings. The summed E-state index contributed by atoms with van der Waals surface area (Å²) in [7, 11) is 1.94. The Balaban J connectivity index is 1.93. The highest BCUT2D eigenvalue weighted by Crippen LogP contribution is 2.16. The Bertz CT molecular complexity index is 458. The minimum Gasteiger partial charge on any atom is -0.306 e. The molecule has 0 aliphatic heterocycles. The zero-order chi connectivity index (χ0) is 11.5. The van der Waals surface area contributed by atoms with Crippen molar-refractivity contribution in [1.29, 1.82) is 0 Å². The van der Waals surface area contributed by atoms with Gasteiger partial charge in [0.25, 0.3) is 0 Å². The van der Waals surface area contributed by atoms with E-state index in [1.165, 1.54) is 16.7 Å². The molecule has 16 heavy (non-hydrogen) atoms. The maximum atomic E-state index is 4.18. The van der Waals surface area contributed by atoms with Crippen LogP contribution in [0.3, 0.4) is 0 Å². The van der Waals surface area contributed by atoms with Gasteiger partial charge in [-0.1, -0.05) is 0 Å². The Morgan fingerprint density at radius 2 is 2.31 bits per heavy atom. The van der Waals surface area contributed by atoms with E-state index in [4.69, 9.17) is 0 Å². The number of hydrogen-bond donors (Lipinski definition) is 1. The third-order valence-electron chi connectivity index (χ3n) is 2.79. The number of aromatic nitrogens is 2. The highest BCUT2D eigenvalue weighted by Gasteiger charge is 2.07. The summed E-state index contributed by atoms with van der Waals surface area (Å²) in [6.07, 6.45) is 3.97. The van der Waals surface area contributed by atoms with E-state index in [1.807, 2.05) is 17.9 Å². The van der Waals surface area contributed by atoms with Gasteiger partial charge in [0.05, 0.1) is 6.20 Å². The van der Waals surface area contributed by atoms with Gasteiger partial charge in [-0.3, -0.25) is 4.68 Å². The van der Waals surface area contributed by atoms with E-state index < -0.39 is 0 Å². The van der Waals surface area contributed by atoms with Crippen molar-refractivity contribution in [2.24, 2.45) is 7.05 Å². The average molecular weight is 235 g/mol. The van der Waals surface area contributed by atoms with Crippen molar-refractivity contribution in [3.05, 3.63) is 39.8 Å². The molecule has 0 bridgehead atoms. The molecule has 4 heteroatoms. The molecular weight excluding hydrogens is 218 g/mol. The average Bonchev–Trinajstić information content (AvgIpc) is 2.84. The molecule has 2 rings (SSSR count). The van der Waals surface area contributed by atoms with Gasteiger partial charge in [0.15, 0.2) is 0 Å². The molecule has 0 aliphatic carbocycles. The lowest BCUT2D eigenvalue weighted by molar-refractivity contribution is 0.573. The van der Waals surface area contributed by atoms with Crippen LogP contribution >= 0.6 is 11.3 Å². The molecule has 2 aromatic heterocycles. The van der Waals surface area contributed by atoms with Crippen LogP contribution in [0.4, 0.5) is 0 Å². The maximum Gasteiger partial charge on any atom is 0.0537 e. The maximum absolute atomic E-state index is 4.18. The van der Waals surface area contributed by atoms with Gasteiger partial charge >= 0.3 is 0 Å². The third kappa shape index (κ3) is 2.51. The Labute approximate surface area is 100 Å². The van der Waals surface area contributed by atoms with Crippen molar-refractivity contribution in [1.82, 2.24) is 15.1 Å². The number of nitrogens with one attached hydrogen (secondary N) is 1. The van der Waals surface area contributed by atoms with Crippen LogP contribution in [-0.4, -0.2) is 9.78 Å². The van der Waals surface area contributed by atoms with Gasteiger partial charge in [-0.25, -0.2) is 0 Å². The SMILES string of the molecule is Cc1cscc1CNC(C)c1cnn(C)c1. The van der Waals surface area contributed by atoms with E-state index >= 15 is 0 Å². The number of nitrogens with zero attached hydrogens (tertiary/aromatic N) is 2. The largest absolute Gasteiger partial charge is 0.306 e. The van der Waals surface area contributed by atoms with Gasteiger partial charge in [-0.05, 0) is 35.7 Å². The Kier molecular flexibility index (Phi) is 3.41. The molecule has 0 amide bonds. The highest BCUT2D eigenvalue weighted by atomic mass is 32.1. The summed E-state index contributed by atoms with van der Waals surface area (Å²) >= 11 is 1.76. The Morgan fingerprint density at radius 3 is 2.88 bits per heavy atom. The van der Waals surface area contributed by atoms with Crippen LogP contribution in [0.1, 0.15) is 29.7 Å². The molecule has 1 atom stereocenters. The first-order valence-electron chi connectivity index (χ1n) is 5.40. The van der Waals surface area contributed by atoms with Gasteiger partial charge in [0.2, 0.25) is 0 Å². The molecular formula is C12H17N3S. The molecule has 0 radical (unpaired) electrons. The fraction of sp³-hybridized carbons (Fsp3) is 0.417. The van der Waals surface area contributed by atoms with Crippen molar-refractivity contribution in [2.75, 3.05) is 0 Å². The van der Waals surface area contributed by atoms with Crippen molar-refractivity contribution >= 4 is 11.3 Å². The summed E-state index contributed by atoms with van der Waals surface area (Å²) < 4.78 is 1.84. The minimum atomic E-state index is 0.341. The van der Waals surface area contributed by atoms with E-state index in [0.29, 0.717) is 6.04 Å². The summed E-state index contributed by atoms with van der Waals surface area (Å²) in [5, 5.41) is 12.1. The number of rotatable bonds is 4. The molecule has 1 N–H and O–H groups in total. The van der Waals surface area contributed by atoms with Crippen LogP contribution in [0.2, 0.25) is 0 Å². The van der Waals surface area contributed by atoms with Gasteiger partial charge in [0.1, 0.15) is 0 Å². The molecule has 0 fully saturated rings. The van der Waals surface area contributed by atoms with Gasteiger partial charge < -0.3 is 5.32 Å². The summed E-state index contributed by atoms with van der Waals surface area (Å²) in [6, 6.07) is 0.341. The van der Waals surface area contributed by atoms with E-state index in [1.54, 1.807) is 11.3 Å². The summed E-state index contributed by atoms with van der Waals surface area (Å²) in [5.41, 5.74) is 3.99. The molecule has 1 unspecified atom stereocenters. The predicted octanol–water partition coefficient (Wildman–Crippen LogP) is 2.64. The van der Waals surface area contributed by atoms with Crippen LogP contribution in [-0.2, 0) is 13.6 Å². The topological polar surface area (TPSA) is 29.9 Å². The fourth-order valence-corrected chi connectivity index (χ4v) is 2.47. The predicted molar refractivity (Wildman–Crippen MR) is 67.5 cm³/mol. The van der Waals surface area contributed by atoms with E-state index in [9.17, 15) is 0 Å². The molecule has 86 valence electrons. The zero-order valence-electron chi connectivity index (χ0n) is 9.90. The molecule has 3 nitrogen and oxygen atoms in total. The fourth-order valence-electron chi connectivity index (χ4n) is 1.61. The third-order valence-corrected chi connectivity index (χ3v) is 3.70. The number of hydrogen-bond acceptors (Lipinski definition) is 3. The Morgan fingerprint density at radius 1 is 1.50 bits per heavy atom. The zero-order valence-corrected chi connectivity index (χ0v) is 10.7. The van der Waals surface area contributed by atoms with Crippen LogP contribution < -0.4 is 5.32 Å². The van der Waals surface area contributed by atoms with Gasteiger partial charge in [0, 0.05) is 31.4 Å². The first-order chi connectivity index (χ1) is 7.66. The van der Waals surface area contributed by atoms with Gasteiger partial charge in [-0.15, -0.1) is 0 Å². The lowest BCUT2D eigenvalue weighted by atomic mass is 10.1. The minimum absolute atomic E-state index is 0.341. The Hall–Kier alpha value is -1.13. The summed E-state index contributed by atoms with van der Waals surface area (Å²) in [4.78, 5) is 0. The van der Waals surface area contributed by atoms with E-state index in [-0.39, 0.29) is 0 Å². The van der Waals surface area contributed by atoms with E-state index in [0.717, 1.165) is 6.54 Å². The second-order valence-corrected chi connectivity index (χ2v) is 4.87. The summed E-state index contributed by atoms with van der Waals surface area (Å²) in [6.45, 7) is 5.24. The second kappa shape index (κ2) is 4.80. The van der Waals surface area contributed by atoms with Crippen LogP contribution in [0.25, 0.3) is 0 Å². The molecule has 0 spiro atoms. The van der Waals surface area contributed by atoms with Crippen molar-refractivity contribution in [2.45, 2.75) is 26.4 Å². The molecule has 0 saturated heterocycles. The second-order valence-electron chi connectivity index (χ2n) is 4.13. The monoisotopic (exact) mass is 235 g/mol. The smallest absolute Gasteiger partial charge is 0.0537 e. The van der Waals surface area contributed by atoms with Gasteiger partial charge in [-0.2, -0.15) is 16.4 Å². The van der Waals surface area contributed by atoms with Crippen molar-refractivity contribution < 1.29 is 0 Å². The molecule has 2 heterocycles. The number of aryl methyl sites for hydroxylation is 2. The first-order valence-corrected chi connectivity index (χ1v) is 6.34. The first kappa shape index (κ1) is 11.4. The molecule has 0 aliphatic rings. The van der Waals surface area contributed by atoms with Crippen molar-refractivity contribution in [3.8, 4) is 0 Å². The normalized spacial score (nSPS) is 12.9. The van der Waals surface area contributed by atoms with Crippen LogP contribution in [0.15, 0.2) is 23.2 Å². The lowest BCUT2D eigenvalue weighted by Crippen LogP contribution is -2.17. The van der Waals surface area contributed by atoms with E-state index in [2.05, 4.69) is 41.2 Å². The lowest BCUT2D eigenvalue weighted by Gasteiger charge is -2.11. The quantitative estimate of drug-likeness (QED) is 0.883. The van der Waals surface area contributed by atoms with Crippen LogP contribution in [0, 0.1) is 6.92 Å². The van der Waals surface area contributed by atoms with Crippen LogP contribution in [0.5, 0.6) is 0 Å². The number of thiophene rings is 1.